The van der Waals surface area contributed by atoms with Crippen LogP contribution >= 0.6 is 9.53 Å². The third-order valence-electron chi connectivity index (χ3n) is 0.558. The fourth-order valence-corrected chi connectivity index (χ4v) is 3.66. The number of carbonyl (C=O) groups is 2. The van der Waals surface area contributed by atoms with Crippen LogP contribution in [0.5, 0.6) is 0 Å². The summed E-state index contributed by atoms with van der Waals surface area (Å²) in [5.74, 6) is 0.162. The molecule has 0 amide bonds. The Morgan fingerprint density at radius 1 is 1.20 bits per heavy atom. The molecular formula is C6H10ClO2Pd. The van der Waals surface area contributed by atoms with Crippen molar-refractivity contribution < 1.29 is 25.3 Å². The van der Waals surface area contributed by atoms with E-state index in [0.717, 1.165) is 0 Å². The van der Waals surface area contributed by atoms with Gasteiger partial charge in [-0.25, -0.2) is 0 Å². The van der Waals surface area contributed by atoms with Crippen LogP contribution in [0.3, 0.4) is 0 Å². The first-order chi connectivity index (χ1) is 4.52. The first-order valence-electron chi connectivity index (χ1n) is 2.68. The van der Waals surface area contributed by atoms with Gasteiger partial charge in [0, 0.05) is 0 Å². The van der Waals surface area contributed by atoms with E-state index in [-0.39, 0.29) is 11.6 Å². The van der Waals surface area contributed by atoms with Crippen LogP contribution in [-0.2, 0) is 25.3 Å². The molecule has 63 valence electrons. The number of rotatable bonds is 4. The molecule has 0 N–H and O–H groups in total. The molecule has 0 unspecified atom stereocenters. The van der Waals surface area contributed by atoms with E-state index >= 15 is 0 Å². The number of Topliss-reactive ketones (excluding diaryl/α,β-unsaturated/α-hetero) is 2. The Hall–Kier alpha value is 0.292. The van der Waals surface area contributed by atoms with E-state index in [2.05, 4.69) is 0 Å². The van der Waals surface area contributed by atoms with E-state index in [0.29, 0.717) is 9.79 Å². The van der Waals surface area contributed by atoms with Gasteiger partial charge in [-0.1, -0.05) is 0 Å². The molecule has 0 aliphatic carbocycles. The Balaban J connectivity index is 3.53. The van der Waals surface area contributed by atoms with Crippen LogP contribution in [-0.4, -0.2) is 11.6 Å². The van der Waals surface area contributed by atoms with Gasteiger partial charge in [0.25, 0.3) is 0 Å². The molecular weight excluding hydrogens is 246 g/mol. The normalized spacial score (nSPS) is 10.9. The number of hydrogen-bond donors (Lipinski definition) is 0. The number of carbonyl (C=O) groups excluding carboxylic acids is 2. The van der Waals surface area contributed by atoms with Crippen LogP contribution in [0, 0.1) is 0 Å². The molecule has 0 heterocycles. The Bertz CT molecular complexity index is 131. The summed E-state index contributed by atoms with van der Waals surface area (Å²) in [6.45, 7) is 2.99. The molecule has 2 nitrogen and oxygen atoms in total. The van der Waals surface area contributed by atoms with Crippen LogP contribution < -0.4 is 0 Å². The van der Waals surface area contributed by atoms with E-state index in [1.54, 1.807) is 0 Å². The molecule has 0 aromatic carbocycles. The van der Waals surface area contributed by atoms with Gasteiger partial charge < -0.3 is 0 Å². The van der Waals surface area contributed by atoms with Gasteiger partial charge in [0.15, 0.2) is 0 Å². The van der Waals surface area contributed by atoms with Crippen molar-refractivity contribution in [1.29, 1.82) is 0 Å². The van der Waals surface area contributed by atoms with Crippen LogP contribution in [0.15, 0.2) is 0 Å². The van der Waals surface area contributed by atoms with Crippen molar-refractivity contribution >= 4 is 21.1 Å². The first-order valence-corrected chi connectivity index (χ1v) is 6.88. The van der Waals surface area contributed by atoms with Crippen LogP contribution in [0.2, 0.25) is 9.79 Å². The Labute approximate surface area is 70.2 Å². The average Bonchev–Trinajstić information content (AvgIpc) is 1.58. The molecule has 0 spiro atoms. The first kappa shape index (κ1) is 10.3. The zero-order chi connectivity index (χ0) is 8.15. The van der Waals surface area contributed by atoms with Gasteiger partial charge in [-0.05, 0) is 0 Å². The SMILES string of the molecule is CC(=O)[CH2][Pd]([Cl])[CH2]C(C)=O. The molecule has 0 bridgehead atoms. The van der Waals surface area contributed by atoms with E-state index < -0.39 is 15.7 Å². The van der Waals surface area contributed by atoms with Gasteiger partial charge in [0.2, 0.25) is 0 Å². The monoisotopic (exact) mass is 255 g/mol. The molecule has 4 heteroatoms. The van der Waals surface area contributed by atoms with Crippen molar-refractivity contribution in [1.82, 2.24) is 0 Å². The summed E-state index contributed by atoms with van der Waals surface area (Å²) in [7, 11) is 5.75. The Morgan fingerprint density at radius 3 is 1.70 bits per heavy atom. The minimum atomic E-state index is -1.35. The van der Waals surface area contributed by atoms with Gasteiger partial charge in [0.05, 0.1) is 0 Å². The average molecular weight is 256 g/mol. The maximum absolute atomic E-state index is 10.5. The second kappa shape index (κ2) is 5.01. The second-order valence-electron chi connectivity index (χ2n) is 1.95. The Morgan fingerprint density at radius 2 is 1.50 bits per heavy atom. The quantitative estimate of drug-likeness (QED) is 0.718. The molecule has 0 fully saturated rings. The number of halogens is 1. The van der Waals surface area contributed by atoms with Gasteiger partial charge >= 0.3 is 70.1 Å². The standard InChI is InChI=1S/2C3H5O.ClH.Pd/c2*1-3(2)4;;/h2*1H2,2H3;1H;/q;;;+1/p-1. The fraction of sp³-hybridized carbons (Fsp3) is 0.667. The summed E-state index contributed by atoms with van der Waals surface area (Å²) in [5.41, 5.74) is 0. The molecule has 0 saturated carbocycles. The summed E-state index contributed by atoms with van der Waals surface area (Å²) < 4.78 is 0. The van der Waals surface area contributed by atoms with E-state index in [1.165, 1.54) is 13.8 Å². The maximum atomic E-state index is 10.5. The van der Waals surface area contributed by atoms with Gasteiger partial charge in [-0.3, -0.25) is 0 Å². The molecule has 0 aromatic rings. The van der Waals surface area contributed by atoms with Crippen molar-refractivity contribution in [2.75, 3.05) is 0 Å². The summed E-state index contributed by atoms with van der Waals surface area (Å²) >= 11 is -1.35. The predicted octanol–water partition coefficient (Wildman–Crippen LogP) is 1.77. The van der Waals surface area contributed by atoms with Gasteiger partial charge in [0.1, 0.15) is 0 Å². The third kappa shape index (κ3) is 6.41. The van der Waals surface area contributed by atoms with Crippen molar-refractivity contribution in [3.63, 3.8) is 0 Å². The van der Waals surface area contributed by atoms with E-state index in [1.807, 2.05) is 0 Å². The molecule has 0 saturated heterocycles. The fourth-order valence-electron chi connectivity index (χ4n) is 0.381. The van der Waals surface area contributed by atoms with Gasteiger partial charge in [-0.2, -0.15) is 0 Å². The zero-order valence-electron chi connectivity index (χ0n) is 5.92. The van der Waals surface area contributed by atoms with Crippen LogP contribution in [0.4, 0.5) is 0 Å². The minimum absolute atomic E-state index is 0.0808. The topological polar surface area (TPSA) is 34.1 Å². The Kier molecular flexibility index (Phi) is 5.16. The predicted molar refractivity (Wildman–Crippen MR) is 36.8 cm³/mol. The van der Waals surface area contributed by atoms with E-state index in [4.69, 9.17) is 9.53 Å². The molecule has 0 rings (SSSR count). The number of hydrogen-bond acceptors (Lipinski definition) is 2. The summed E-state index contributed by atoms with van der Waals surface area (Å²) in [6, 6.07) is 0. The second-order valence-corrected chi connectivity index (χ2v) is 6.66. The van der Waals surface area contributed by atoms with Crippen molar-refractivity contribution in [3.8, 4) is 0 Å². The number of ketones is 2. The molecule has 0 aliphatic heterocycles. The summed E-state index contributed by atoms with van der Waals surface area (Å²) in [6.07, 6.45) is 0. The zero-order valence-corrected chi connectivity index (χ0v) is 8.24. The summed E-state index contributed by atoms with van der Waals surface area (Å²) in [5, 5.41) is 0. The van der Waals surface area contributed by atoms with Crippen molar-refractivity contribution in [2.24, 2.45) is 0 Å². The van der Waals surface area contributed by atoms with Gasteiger partial charge in [-0.15, -0.1) is 0 Å². The molecule has 0 aromatic heterocycles. The third-order valence-corrected chi connectivity index (χ3v) is 4.30. The van der Waals surface area contributed by atoms with Crippen LogP contribution in [0.1, 0.15) is 13.8 Å². The molecule has 0 atom stereocenters. The summed E-state index contributed by atoms with van der Waals surface area (Å²) in [4.78, 5) is 21.8. The van der Waals surface area contributed by atoms with Crippen molar-refractivity contribution in [3.05, 3.63) is 0 Å². The molecule has 10 heavy (non-hydrogen) atoms. The van der Waals surface area contributed by atoms with Crippen LogP contribution in [0.25, 0.3) is 0 Å². The van der Waals surface area contributed by atoms with Crippen molar-refractivity contribution in [2.45, 2.75) is 23.6 Å². The molecule has 0 aliphatic rings. The molecule has 0 radical (unpaired) electrons. The van der Waals surface area contributed by atoms with E-state index in [9.17, 15) is 9.59 Å².